The predicted octanol–water partition coefficient (Wildman–Crippen LogP) is 2.16. The van der Waals surface area contributed by atoms with Crippen LogP contribution in [0.2, 0.25) is 5.02 Å². The average molecular weight is 348 g/mol. The molecule has 0 radical (unpaired) electrons. The molecular formula is C14H18ClNO3S2. The summed E-state index contributed by atoms with van der Waals surface area (Å²) in [4.78, 5) is 0.177. The number of rotatable bonds is 6. The van der Waals surface area contributed by atoms with E-state index < -0.39 is 20.5 Å². The number of thiocarbonyl (C=S) groups is 1. The van der Waals surface area contributed by atoms with Gasteiger partial charge in [0.2, 0.25) is 0 Å². The molecule has 4 nitrogen and oxygen atoms in total. The van der Waals surface area contributed by atoms with Crippen LogP contribution in [-0.4, -0.2) is 38.1 Å². The molecule has 21 heavy (non-hydrogen) atoms. The van der Waals surface area contributed by atoms with Crippen molar-refractivity contribution in [2.45, 2.75) is 18.1 Å². The Balaban J connectivity index is 2.49. The maximum absolute atomic E-state index is 12.1. The number of ether oxygens (including phenoxy) is 1. The minimum Gasteiger partial charge on any atom is -0.393 e. The molecule has 0 aliphatic heterocycles. The van der Waals surface area contributed by atoms with Gasteiger partial charge in [0.15, 0.2) is 9.84 Å². The van der Waals surface area contributed by atoms with Gasteiger partial charge in [0.05, 0.1) is 22.3 Å². The Morgan fingerprint density at radius 2 is 2.19 bits per heavy atom. The Bertz CT molecular complexity index is 662. The summed E-state index contributed by atoms with van der Waals surface area (Å²) in [6, 6.07) is 7.14. The third-order valence-corrected chi connectivity index (χ3v) is 6.16. The van der Waals surface area contributed by atoms with Gasteiger partial charge in [0, 0.05) is 23.8 Å². The van der Waals surface area contributed by atoms with Crippen molar-refractivity contribution in [2.75, 3.05) is 19.5 Å². The molecule has 0 aromatic heterocycles. The first-order valence-electron chi connectivity index (χ1n) is 6.57. The van der Waals surface area contributed by atoms with Gasteiger partial charge in [0.25, 0.3) is 0 Å². The van der Waals surface area contributed by atoms with Gasteiger partial charge in [-0.05, 0) is 24.6 Å². The highest BCUT2D eigenvalue weighted by Crippen LogP contribution is 2.63. The smallest absolute Gasteiger partial charge is 0.152 e. The van der Waals surface area contributed by atoms with Crippen LogP contribution in [0, 0.1) is 5.41 Å². The molecule has 1 aromatic rings. The van der Waals surface area contributed by atoms with Gasteiger partial charge >= 0.3 is 0 Å². The van der Waals surface area contributed by atoms with Gasteiger partial charge in [-0.25, -0.2) is 8.42 Å². The molecule has 0 bridgehead atoms. The number of benzene rings is 1. The summed E-state index contributed by atoms with van der Waals surface area (Å²) in [6.07, 6.45) is 1.21. The average Bonchev–Trinajstić information content (AvgIpc) is 3.07. The molecule has 1 aromatic carbocycles. The maximum Gasteiger partial charge on any atom is 0.152 e. The monoisotopic (exact) mass is 347 g/mol. The highest BCUT2D eigenvalue weighted by molar-refractivity contribution is 7.92. The van der Waals surface area contributed by atoms with Crippen LogP contribution in [0.4, 0.5) is 0 Å². The fraction of sp³-hybridized carbons (Fsp3) is 0.500. The molecule has 0 amide bonds. The van der Waals surface area contributed by atoms with E-state index in [1.165, 1.54) is 6.26 Å². The van der Waals surface area contributed by atoms with Crippen LogP contribution in [0.25, 0.3) is 0 Å². The van der Waals surface area contributed by atoms with Crippen LogP contribution >= 0.6 is 23.8 Å². The van der Waals surface area contributed by atoms with Crippen LogP contribution in [0.5, 0.6) is 0 Å². The molecule has 0 heterocycles. The lowest BCUT2D eigenvalue weighted by Gasteiger charge is -2.16. The van der Waals surface area contributed by atoms with Crippen LogP contribution in [0.15, 0.2) is 24.3 Å². The van der Waals surface area contributed by atoms with Crippen molar-refractivity contribution in [3.8, 4) is 0 Å². The van der Waals surface area contributed by atoms with E-state index in [2.05, 4.69) is 0 Å². The van der Waals surface area contributed by atoms with Crippen molar-refractivity contribution in [2.24, 2.45) is 11.1 Å². The second-order valence-electron chi connectivity index (χ2n) is 5.32. The lowest BCUT2D eigenvalue weighted by atomic mass is 10.00. The molecule has 0 unspecified atom stereocenters. The van der Waals surface area contributed by atoms with Crippen molar-refractivity contribution in [3.63, 3.8) is 0 Å². The minimum atomic E-state index is -3.31. The summed E-state index contributed by atoms with van der Waals surface area (Å²) in [6.45, 7) is 2.52. The molecule has 1 fully saturated rings. The van der Waals surface area contributed by atoms with Gasteiger partial charge in [-0.1, -0.05) is 36.0 Å². The summed E-state index contributed by atoms with van der Waals surface area (Å²) in [5.74, 6) is -0.310. The second kappa shape index (κ2) is 5.83. The first-order valence-corrected chi connectivity index (χ1v) is 9.31. The van der Waals surface area contributed by atoms with Gasteiger partial charge in [0.1, 0.15) is 0 Å². The molecule has 0 spiro atoms. The van der Waals surface area contributed by atoms with Crippen molar-refractivity contribution in [1.29, 1.82) is 0 Å². The summed E-state index contributed by atoms with van der Waals surface area (Å²) in [7, 11) is -3.31. The number of hydrogen-bond acceptors (Lipinski definition) is 4. The molecule has 116 valence electrons. The van der Waals surface area contributed by atoms with Crippen LogP contribution in [-0.2, 0) is 14.6 Å². The Hall–Kier alpha value is -0.690. The predicted molar refractivity (Wildman–Crippen MR) is 88.5 cm³/mol. The van der Waals surface area contributed by atoms with Gasteiger partial charge in [-0.3, -0.25) is 0 Å². The lowest BCUT2D eigenvalue weighted by Crippen LogP contribution is -2.33. The fourth-order valence-corrected chi connectivity index (χ4v) is 5.52. The Morgan fingerprint density at radius 3 is 2.67 bits per heavy atom. The molecule has 7 heteroatoms. The molecule has 0 saturated heterocycles. The summed E-state index contributed by atoms with van der Waals surface area (Å²) in [5, 5.41) is -0.104. The molecule has 1 aliphatic rings. The maximum atomic E-state index is 12.1. The third-order valence-electron chi connectivity index (χ3n) is 3.93. The SMILES string of the molecule is CCOC[C@@]1(C(N)=S)[C@H](S(C)(=O)=O)[C@@H]1c1cccc(Cl)c1. The topological polar surface area (TPSA) is 69.4 Å². The molecule has 1 aliphatic carbocycles. The van der Waals surface area contributed by atoms with E-state index in [-0.39, 0.29) is 17.5 Å². The van der Waals surface area contributed by atoms with Gasteiger partial charge in [-0.2, -0.15) is 0 Å². The Morgan fingerprint density at radius 1 is 1.52 bits per heavy atom. The number of halogens is 1. The van der Waals surface area contributed by atoms with E-state index in [4.69, 9.17) is 34.3 Å². The van der Waals surface area contributed by atoms with E-state index >= 15 is 0 Å². The summed E-state index contributed by atoms with van der Waals surface area (Å²) >= 11 is 11.2. The number of hydrogen-bond donors (Lipinski definition) is 1. The van der Waals surface area contributed by atoms with Crippen LogP contribution in [0.3, 0.4) is 0 Å². The van der Waals surface area contributed by atoms with Crippen molar-refractivity contribution in [3.05, 3.63) is 34.9 Å². The minimum absolute atomic E-state index is 0.177. The van der Waals surface area contributed by atoms with E-state index in [9.17, 15) is 8.42 Å². The number of nitrogens with two attached hydrogens (primary N) is 1. The summed E-state index contributed by atoms with van der Waals surface area (Å²) < 4.78 is 29.7. The third kappa shape index (κ3) is 2.95. The zero-order valence-corrected chi connectivity index (χ0v) is 14.3. The standard InChI is InChI=1S/C14H18ClNO3S2/c1-3-19-8-14(13(16)20)11(12(14)21(2,17)18)9-5-4-6-10(15)7-9/h4-7,11-12H,3,8H2,1-2H3,(H2,16,20)/t11-,12+,14-/m0/s1. The van der Waals surface area contributed by atoms with Gasteiger partial charge in [-0.15, -0.1) is 0 Å². The van der Waals surface area contributed by atoms with Crippen LogP contribution < -0.4 is 5.73 Å². The zero-order valence-electron chi connectivity index (χ0n) is 11.9. The van der Waals surface area contributed by atoms with Crippen molar-refractivity contribution < 1.29 is 13.2 Å². The largest absolute Gasteiger partial charge is 0.393 e. The molecule has 2 rings (SSSR count). The zero-order chi connectivity index (χ0) is 15.8. The van der Waals surface area contributed by atoms with E-state index in [1.54, 1.807) is 18.2 Å². The van der Waals surface area contributed by atoms with Crippen LogP contribution in [0.1, 0.15) is 18.4 Å². The lowest BCUT2D eigenvalue weighted by molar-refractivity contribution is 0.121. The Labute approximate surface area is 135 Å². The first-order chi connectivity index (χ1) is 9.75. The van der Waals surface area contributed by atoms with Crippen molar-refractivity contribution >= 4 is 38.6 Å². The molecular weight excluding hydrogens is 330 g/mol. The normalized spacial score (nSPS) is 28.3. The highest BCUT2D eigenvalue weighted by Gasteiger charge is 2.71. The highest BCUT2D eigenvalue weighted by atomic mass is 35.5. The second-order valence-corrected chi connectivity index (χ2v) is 8.37. The number of sulfone groups is 1. The molecule has 2 N–H and O–H groups in total. The van der Waals surface area contributed by atoms with E-state index in [1.807, 2.05) is 13.0 Å². The fourth-order valence-electron chi connectivity index (χ4n) is 3.01. The molecule has 3 atom stereocenters. The quantitative estimate of drug-likeness (QED) is 0.798. The van der Waals surface area contributed by atoms with E-state index in [0.717, 1.165) is 5.56 Å². The van der Waals surface area contributed by atoms with Gasteiger partial charge < -0.3 is 10.5 Å². The molecule has 1 saturated carbocycles. The Kier molecular flexibility index (Phi) is 4.63. The van der Waals surface area contributed by atoms with E-state index in [0.29, 0.717) is 11.6 Å². The first kappa shape index (κ1) is 16.7. The van der Waals surface area contributed by atoms with Crippen molar-refractivity contribution in [1.82, 2.24) is 0 Å². The summed E-state index contributed by atoms with van der Waals surface area (Å²) in [5.41, 5.74) is 5.86.